The van der Waals surface area contributed by atoms with Gasteiger partial charge in [0.2, 0.25) is 0 Å². The minimum absolute atomic E-state index is 0. The van der Waals surface area contributed by atoms with E-state index >= 15 is 0 Å². The molecule has 0 fully saturated rings. The summed E-state index contributed by atoms with van der Waals surface area (Å²) < 4.78 is 21.2. The number of hydrogen-bond acceptors (Lipinski definition) is 7. The average Bonchev–Trinajstić information content (AvgIpc) is 1.14. The third-order valence-corrected chi connectivity index (χ3v) is 1.80. The molecule has 0 amide bonds. The number of phosphoric acid groups is 2. The fraction of sp³-hybridized carbons (Fsp3) is 0. The quantitative estimate of drug-likeness (QED) is 0.351. The summed E-state index contributed by atoms with van der Waals surface area (Å²) in [7, 11) is -11.4. The van der Waals surface area contributed by atoms with E-state index in [2.05, 4.69) is 4.31 Å². The first-order chi connectivity index (χ1) is 3.71. The zero-order valence-electron chi connectivity index (χ0n) is 6.05. The van der Waals surface area contributed by atoms with Crippen molar-refractivity contribution in [3.8, 4) is 0 Å². The first-order valence-electron chi connectivity index (χ1n) is 1.46. The summed E-state index contributed by atoms with van der Waals surface area (Å²) in [6.45, 7) is 0. The maximum atomic E-state index is 9.32. The molecule has 0 spiro atoms. The molecule has 0 N–H and O–H groups in total. The predicted molar refractivity (Wildman–Crippen MR) is 16.3 cm³/mol. The zero-order chi connectivity index (χ0) is 7.71. The molecule has 12 heteroatoms. The van der Waals surface area contributed by atoms with Crippen LogP contribution in [0.5, 0.6) is 0 Å². The van der Waals surface area contributed by atoms with Crippen molar-refractivity contribution in [1.29, 1.82) is 0 Å². The molecule has 0 unspecified atom stereocenters. The van der Waals surface area contributed by atoms with Crippen molar-refractivity contribution in [2.75, 3.05) is 0 Å². The van der Waals surface area contributed by atoms with E-state index in [9.17, 15) is 28.7 Å². The SMILES string of the molecule is O=P([O-])([O-])OP(=O)([O-])[O-].[Cu+2].[Li+].[Li+]. The molecule has 0 aliphatic heterocycles. The van der Waals surface area contributed by atoms with Gasteiger partial charge in [-0.15, -0.1) is 0 Å². The predicted octanol–water partition coefficient (Wildman–Crippen LogP) is -9.33. The van der Waals surface area contributed by atoms with Crippen LogP contribution in [0.15, 0.2) is 0 Å². The molecule has 0 heterocycles. The van der Waals surface area contributed by atoms with E-state index in [-0.39, 0.29) is 54.8 Å². The molecule has 0 saturated heterocycles. The first kappa shape index (κ1) is 23.6. The molecule has 0 aromatic heterocycles. The second kappa shape index (κ2) is 8.30. The van der Waals surface area contributed by atoms with Gasteiger partial charge in [-0.05, 0) is 0 Å². The molecule has 12 heavy (non-hydrogen) atoms. The van der Waals surface area contributed by atoms with Crippen LogP contribution in [-0.4, -0.2) is 0 Å². The van der Waals surface area contributed by atoms with E-state index in [0.717, 1.165) is 0 Å². The van der Waals surface area contributed by atoms with Gasteiger partial charge in [0.05, 0.1) is 15.6 Å². The van der Waals surface area contributed by atoms with Gasteiger partial charge in [-0.2, -0.15) is 0 Å². The minimum atomic E-state index is -5.68. The Kier molecular flexibility index (Phi) is 16.3. The van der Waals surface area contributed by atoms with E-state index in [4.69, 9.17) is 0 Å². The van der Waals surface area contributed by atoms with Crippen LogP contribution in [0.2, 0.25) is 0 Å². The van der Waals surface area contributed by atoms with Gasteiger partial charge in [0.15, 0.2) is 0 Å². The van der Waals surface area contributed by atoms with Crippen molar-refractivity contribution >= 4 is 15.6 Å². The summed E-state index contributed by atoms with van der Waals surface area (Å²) in [6.07, 6.45) is 0. The molecule has 1 radical (unpaired) electrons. The van der Waals surface area contributed by atoms with Gasteiger partial charge >= 0.3 is 54.8 Å². The Bertz CT molecular complexity index is 160. The van der Waals surface area contributed by atoms with Crippen molar-refractivity contribution in [3.05, 3.63) is 0 Å². The molecule has 0 aromatic rings. The van der Waals surface area contributed by atoms with E-state index in [1.165, 1.54) is 0 Å². The van der Waals surface area contributed by atoms with E-state index in [1.54, 1.807) is 0 Å². The molecule has 0 bridgehead atoms. The van der Waals surface area contributed by atoms with Crippen LogP contribution in [0.1, 0.15) is 0 Å². The van der Waals surface area contributed by atoms with Gasteiger partial charge in [-0.25, -0.2) is 0 Å². The molecule has 0 atom stereocenters. The van der Waals surface area contributed by atoms with E-state index in [1.807, 2.05) is 0 Å². The van der Waals surface area contributed by atoms with Crippen molar-refractivity contribution in [1.82, 2.24) is 0 Å². The molecule has 0 rings (SSSR count). The largest absolute Gasteiger partial charge is 2.00 e. The summed E-state index contributed by atoms with van der Waals surface area (Å²) in [5.41, 5.74) is 0. The van der Waals surface area contributed by atoms with Crippen LogP contribution in [0, 0.1) is 0 Å². The molecule has 0 aliphatic rings. The molecular formula is CuLi2O7P2. The van der Waals surface area contributed by atoms with Gasteiger partial charge in [-0.1, -0.05) is 0 Å². The first-order valence-corrected chi connectivity index (χ1v) is 4.38. The summed E-state index contributed by atoms with van der Waals surface area (Å²) in [5, 5.41) is 0. The summed E-state index contributed by atoms with van der Waals surface area (Å²) in [4.78, 5) is 37.3. The van der Waals surface area contributed by atoms with Gasteiger partial charge < -0.3 is 33.0 Å². The maximum absolute atomic E-state index is 9.32. The monoisotopic (exact) mass is 251 g/mol. The van der Waals surface area contributed by atoms with Crippen molar-refractivity contribution in [2.45, 2.75) is 0 Å². The van der Waals surface area contributed by atoms with Gasteiger partial charge in [0, 0.05) is 0 Å². The molecule has 0 aliphatic carbocycles. The fourth-order valence-corrected chi connectivity index (χ4v) is 1.10. The maximum Gasteiger partial charge on any atom is 2.00 e. The third-order valence-electron chi connectivity index (χ3n) is 0.200. The smallest absolute Gasteiger partial charge is 0.790 e. The summed E-state index contributed by atoms with van der Waals surface area (Å²) in [6, 6.07) is 0. The Morgan fingerprint density at radius 2 is 1.00 bits per heavy atom. The molecule has 0 saturated carbocycles. The van der Waals surface area contributed by atoms with Crippen molar-refractivity contribution in [2.24, 2.45) is 0 Å². The zero-order valence-corrected chi connectivity index (χ0v) is 8.78. The molecular weight excluding hydrogens is 251 g/mol. The van der Waals surface area contributed by atoms with Crippen molar-refractivity contribution in [3.63, 3.8) is 0 Å². The van der Waals surface area contributed by atoms with E-state index < -0.39 is 15.6 Å². The standard InChI is InChI=1S/Cu.2Li.H4O7P2/c;;;1-8(2,3)7-9(4,5)6/h;;;(H2,1,2,3)(H2,4,5,6)/q+2;2*+1;/p-4. The topological polar surface area (TPSA) is 136 Å². The Morgan fingerprint density at radius 3 is 1.00 bits per heavy atom. The second-order valence-electron chi connectivity index (χ2n) is 0.976. The van der Waals surface area contributed by atoms with Crippen LogP contribution < -0.4 is 57.3 Å². The van der Waals surface area contributed by atoms with E-state index in [0.29, 0.717) is 0 Å². The average molecular weight is 251 g/mol. The molecule has 7 nitrogen and oxygen atoms in total. The van der Waals surface area contributed by atoms with Gasteiger partial charge in [0.25, 0.3) is 0 Å². The normalized spacial score (nSPS) is 10.3. The number of rotatable bonds is 2. The van der Waals surface area contributed by atoms with Crippen LogP contribution in [0.4, 0.5) is 0 Å². The Labute approximate surface area is 103 Å². The van der Waals surface area contributed by atoms with Crippen LogP contribution in [0.25, 0.3) is 0 Å². The van der Waals surface area contributed by atoms with Crippen LogP contribution in [-0.2, 0) is 30.5 Å². The Balaban J connectivity index is -0.000000107. The summed E-state index contributed by atoms with van der Waals surface area (Å²) in [5.74, 6) is 0. The van der Waals surface area contributed by atoms with Crippen molar-refractivity contribution < 1.29 is 87.8 Å². The molecule has 0 aromatic carbocycles. The molecule has 65 valence electrons. The minimum Gasteiger partial charge on any atom is -0.790 e. The van der Waals surface area contributed by atoms with Crippen LogP contribution >= 0.6 is 15.6 Å². The van der Waals surface area contributed by atoms with Crippen LogP contribution in [0.3, 0.4) is 0 Å². The Morgan fingerprint density at radius 1 is 0.833 bits per heavy atom. The second-order valence-corrected chi connectivity index (χ2v) is 3.42. The van der Waals surface area contributed by atoms with Gasteiger partial charge in [-0.3, -0.25) is 0 Å². The number of hydrogen-bond donors (Lipinski definition) is 0. The fourth-order valence-electron chi connectivity index (χ4n) is 0.122. The Hall–Kier alpha value is 1.97. The third kappa shape index (κ3) is 22.7. The van der Waals surface area contributed by atoms with Gasteiger partial charge in [0.1, 0.15) is 0 Å². The summed E-state index contributed by atoms with van der Waals surface area (Å²) >= 11 is 0.